The minimum Gasteiger partial charge on any atom is -0.491 e. The Labute approximate surface area is 137 Å². The van der Waals surface area contributed by atoms with Crippen molar-refractivity contribution in [2.75, 3.05) is 11.9 Å². The van der Waals surface area contributed by atoms with E-state index in [0.29, 0.717) is 23.6 Å². The highest BCUT2D eigenvalue weighted by atomic mass is 16.5. The third-order valence-electron chi connectivity index (χ3n) is 3.98. The van der Waals surface area contributed by atoms with Crippen molar-refractivity contribution < 1.29 is 14.3 Å². The van der Waals surface area contributed by atoms with Crippen LogP contribution in [0.4, 0.5) is 5.69 Å². The van der Waals surface area contributed by atoms with Gasteiger partial charge in [-0.2, -0.15) is 5.26 Å². The van der Waals surface area contributed by atoms with Crippen LogP contribution in [0.1, 0.15) is 46.1 Å². The van der Waals surface area contributed by atoms with Gasteiger partial charge in [0, 0.05) is 12.7 Å². The Kier molecular flexibility index (Phi) is 5.27. The van der Waals surface area contributed by atoms with Gasteiger partial charge in [-0.05, 0) is 58.6 Å². The second-order valence-electron chi connectivity index (χ2n) is 6.25. The lowest BCUT2D eigenvalue weighted by Gasteiger charge is -2.28. The van der Waals surface area contributed by atoms with E-state index in [1.165, 1.54) is 0 Å². The van der Waals surface area contributed by atoms with Crippen LogP contribution in [0.3, 0.4) is 0 Å². The quantitative estimate of drug-likeness (QED) is 0.836. The van der Waals surface area contributed by atoms with Gasteiger partial charge in [0.25, 0.3) is 5.91 Å². The molecule has 23 heavy (non-hydrogen) atoms. The summed E-state index contributed by atoms with van der Waals surface area (Å²) in [6, 6.07) is 7.21. The van der Waals surface area contributed by atoms with Gasteiger partial charge in [0.2, 0.25) is 0 Å². The number of carbonyl (C=O) groups excluding carboxylic acids is 1. The first-order valence-electron chi connectivity index (χ1n) is 8.07. The lowest BCUT2D eigenvalue weighted by Crippen LogP contribution is -2.45. The zero-order valence-electron chi connectivity index (χ0n) is 14.2. The fourth-order valence-electron chi connectivity index (χ4n) is 2.62. The van der Waals surface area contributed by atoms with Crippen LogP contribution >= 0.6 is 0 Å². The van der Waals surface area contributed by atoms with E-state index >= 15 is 0 Å². The molecule has 1 amide bonds. The number of rotatable bonds is 7. The van der Waals surface area contributed by atoms with Gasteiger partial charge >= 0.3 is 0 Å². The molecule has 0 heterocycles. The molecule has 0 aromatic heterocycles. The summed E-state index contributed by atoms with van der Waals surface area (Å²) in [5.74, 6) is 0.664. The van der Waals surface area contributed by atoms with Crippen LogP contribution in [0.2, 0.25) is 0 Å². The largest absolute Gasteiger partial charge is 0.491 e. The molecule has 0 unspecified atom stereocenters. The minimum atomic E-state index is -0.839. The number of hydrogen-bond donors (Lipinski definition) is 1. The number of ether oxygens (including phenoxy) is 2. The van der Waals surface area contributed by atoms with Crippen LogP contribution in [0.15, 0.2) is 18.2 Å². The first-order chi connectivity index (χ1) is 10.9. The molecule has 1 aromatic rings. The Morgan fingerprint density at radius 1 is 1.48 bits per heavy atom. The van der Waals surface area contributed by atoms with Crippen LogP contribution in [0.25, 0.3) is 0 Å². The third-order valence-corrected chi connectivity index (χ3v) is 3.98. The number of nitrogens with zero attached hydrogens (tertiary/aromatic N) is 1. The highest BCUT2D eigenvalue weighted by Crippen LogP contribution is 2.42. The van der Waals surface area contributed by atoms with Gasteiger partial charge < -0.3 is 14.8 Å². The van der Waals surface area contributed by atoms with Crippen molar-refractivity contribution in [3.63, 3.8) is 0 Å². The van der Waals surface area contributed by atoms with Gasteiger partial charge in [0.1, 0.15) is 17.4 Å². The Bertz CT molecular complexity index is 617. The van der Waals surface area contributed by atoms with Crippen molar-refractivity contribution >= 4 is 11.6 Å². The SMILES string of the molecule is CCO[C@@](C)(C(=O)Nc1ccc(OC(C)C)cc1C#N)C1CC1. The van der Waals surface area contributed by atoms with E-state index in [-0.39, 0.29) is 17.9 Å². The van der Waals surface area contributed by atoms with Crippen molar-refractivity contribution in [3.05, 3.63) is 23.8 Å². The van der Waals surface area contributed by atoms with Crippen molar-refractivity contribution in [1.82, 2.24) is 0 Å². The molecule has 0 aliphatic heterocycles. The molecule has 1 aromatic carbocycles. The second kappa shape index (κ2) is 7.01. The molecule has 1 atom stereocenters. The van der Waals surface area contributed by atoms with Crippen molar-refractivity contribution in [1.29, 1.82) is 5.26 Å². The maximum absolute atomic E-state index is 12.7. The van der Waals surface area contributed by atoms with Crippen LogP contribution < -0.4 is 10.1 Å². The van der Waals surface area contributed by atoms with Crippen LogP contribution in [-0.2, 0) is 9.53 Å². The molecule has 0 radical (unpaired) electrons. The molecule has 1 N–H and O–H groups in total. The Morgan fingerprint density at radius 3 is 2.70 bits per heavy atom. The number of nitriles is 1. The van der Waals surface area contributed by atoms with Gasteiger partial charge in [-0.3, -0.25) is 4.79 Å². The maximum Gasteiger partial charge on any atom is 0.256 e. The zero-order valence-corrected chi connectivity index (χ0v) is 14.2. The standard InChI is InChI=1S/C18H24N2O3/c1-5-22-18(4,14-6-7-14)17(21)20-16-9-8-15(23-12(2)3)10-13(16)11-19/h8-10,12,14H,5-7H2,1-4H3,(H,20,21)/t18-/m1/s1. The minimum absolute atomic E-state index is 0.0260. The molecule has 5 heteroatoms. The van der Waals surface area contributed by atoms with Gasteiger partial charge in [0.05, 0.1) is 17.4 Å². The number of nitrogens with one attached hydrogen (secondary N) is 1. The number of amides is 1. The smallest absolute Gasteiger partial charge is 0.256 e. The van der Waals surface area contributed by atoms with Gasteiger partial charge in [-0.1, -0.05) is 0 Å². The molecule has 1 fully saturated rings. The molecule has 124 valence electrons. The molecule has 2 rings (SSSR count). The zero-order chi connectivity index (χ0) is 17.0. The molecular weight excluding hydrogens is 292 g/mol. The van der Waals surface area contributed by atoms with Crippen molar-refractivity contribution in [2.24, 2.45) is 5.92 Å². The average molecular weight is 316 g/mol. The second-order valence-corrected chi connectivity index (χ2v) is 6.25. The summed E-state index contributed by atoms with van der Waals surface area (Å²) in [4.78, 5) is 12.7. The Balaban J connectivity index is 2.18. The van der Waals surface area contributed by atoms with E-state index in [1.807, 2.05) is 27.7 Å². The normalized spacial score (nSPS) is 16.5. The number of benzene rings is 1. The Morgan fingerprint density at radius 2 is 2.17 bits per heavy atom. The molecule has 1 aliphatic carbocycles. The van der Waals surface area contributed by atoms with E-state index in [2.05, 4.69) is 11.4 Å². The lowest BCUT2D eigenvalue weighted by molar-refractivity contribution is -0.141. The van der Waals surface area contributed by atoms with Gasteiger partial charge in [-0.15, -0.1) is 0 Å². The van der Waals surface area contributed by atoms with Crippen molar-refractivity contribution in [2.45, 2.75) is 52.2 Å². The maximum atomic E-state index is 12.7. The molecular formula is C18H24N2O3. The summed E-state index contributed by atoms with van der Waals surface area (Å²) in [6.07, 6.45) is 2.02. The summed E-state index contributed by atoms with van der Waals surface area (Å²) in [6.45, 7) is 8.03. The van der Waals surface area contributed by atoms with Gasteiger partial charge in [0.15, 0.2) is 0 Å². The highest BCUT2D eigenvalue weighted by Gasteiger charge is 2.48. The number of carbonyl (C=O) groups is 1. The van der Waals surface area contributed by atoms with Crippen LogP contribution in [-0.4, -0.2) is 24.2 Å². The number of anilines is 1. The topological polar surface area (TPSA) is 71.3 Å². The van der Waals surface area contributed by atoms with E-state index in [9.17, 15) is 10.1 Å². The van der Waals surface area contributed by atoms with E-state index < -0.39 is 5.60 Å². The van der Waals surface area contributed by atoms with Crippen LogP contribution in [0.5, 0.6) is 5.75 Å². The third kappa shape index (κ3) is 4.02. The summed E-state index contributed by atoms with van der Waals surface area (Å²) >= 11 is 0. The molecule has 0 bridgehead atoms. The summed E-state index contributed by atoms with van der Waals surface area (Å²) < 4.78 is 11.3. The predicted octanol–water partition coefficient (Wildman–Crippen LogP) is 3.49. The monoisotopic (exact) mass is 316 g/mol. The van der Waals surface area contributed by atoms with E-state index in [0.717, 1.165) is 12.8 Å². The summed E-state index contributed by atoms with van der Waals surface area (Å²) in [5.41, 5.74) is 0.0283. The highest BCUT2D eigenvalue weighted by molar-refractivity contribution is 5.98. The predicted molar refractivity (Wildman–Crippen MR) is 88.3 cm³/mol. The fourth-order valence-corrected chi connectivity index (χ4v) is 2.62. The number of hydrogen-bond acceptors (Lipinski definition) is 4. The van der Waals surface area contributed by atoms with Crippen molar-refractivity contribution in [3.8, 4) is 11.8 Å². The summed E-state index contributed by atoms with van der Waals surface area (Å²) in [7, 11) is 0. The molecule has 1 aliphatic rings. The molecule has 0 spiro atoms. The van der Waals surface area contributed by atoms with E-state index in [1.54, 1.807) is 18.2 Å². The molecule has 1 saturated carbocycles. The van der Waals surface area contributed by atoms with Gasteiger partial charge in [-0.25, -0.2) is 0 Å². The molecule has 0 saturated heterocycles. The van der Waals surface area contributed by atoms with E-state index in [4.69, 9.17) is 9.47 Å². The van der Waals surface area contributed by atoms with Crippen LogP contribution in [0, 0.1) is 17.2 Å². The fraction of sp³-hybridized carbons (Fsp3) is 0.556. The molecule has 5 nitrogen and oxygen atoms in total. The Hall–Kier alpha value is -2.06. The lowest BCUT2D eigenvalue weighted by atomic mass is 9.98. The first-order valence-corrected chi connectivity index (χ1v) is 8.07. The summed E-state index contributed by atoms with van der Waals surface area (Å²) in [5, 5.41) is 12.2. The first kappa shape index (κ1) is 17.3. The average Bonchev–Trinajstić information content (AvgIpc) is 3.33.